The maximum Gasteiger partial charge on any atom is 0.134 e. The predicted molar refractivity (Wildman–Crippen MR) is 113 cm³/mol. The van der Waals surface area contributed by atoms with Gasteiger partial charge in [-0.3, -0.25) is 4.90 Å². The van der Waals surface area contributed by atoms with E-state index in [-0.39, 0.29) is 0 Å². The molecule has 1 aromatic carbocycles. The van der Waals surface area contributed by atoms with Gasteiger partial charge in [0.05, 0.1) is 7.11 Å². The minimum absolute atomic E-state index is 0.706. The molecule has 0 aliphatic carbocycles. The van der Waals surface area contributed by atoms with Gasteiger partial charge in [0.25, 0.3) is 0 Å². The van der Waals surface area contributed by atoms with Crippen LogP contribution in [0.2, 0.25) is 0 Å². The molecule has 0 radical (unpaired) electrons. The van der Waals surface area contributed by atoms with Crippen molar-refractivity contribution in [2.75, 3.05) is 50.1 Å². The van der Waals surface area contributed by atoms with Gasteiger partial charge in [-0.1, -0.05) is 12.1 Å². The van der Waals surface area contributed by atoms with Gasteiger partial charge in [-0.25, -0.2) is 9.97 Å². The lowest BCUT2D eigenvalue weighted by Crippen LogP contribution is -2.35. The Hall–Kier alpha value is -2.34. The lowest BCUT2D eigenvalue weighted by atomic mass is 9.96. The number of hydrogen-bond acceptors (Lipinski definition) is 6. The highest BCUT2D eigenvalue weighted by molar-refractivity contribution is 5.48. The molecule has 6 nitrogen and oxygen atoms in total. The van der Waals surface area contributed by atoms with E-state index in [4.69, 9.17) is 4.74 Å². The molecule has 6 heteroatoms. The molecule has 0 saturated carbocycles. The van der Waals surface area contributed by atoms with Crippen molar-refractivity contribution < 1.29 is 4.74 Å². The first-order valence-electron chi connectivity index (χ1n) is 10.5. The van der Waals surface area contributed by atoms with Gasteiger partial charge < -0.3 is 15.0 Å². The lowest BCUT2D eigenvalue weighted by molar-refractivity contribution is 0.182. The molecule has 1 aromatic heterocycles. The van der Waals surface area contributed by atoms with E-state index in [1.165, 1.54) is 31.2 Å². The number of piperidine rings is 1. The summed E-state index contributed by atoms with van der Waals surface area (Å²) in [5, 5.41) is 3.55. The highest BCUT2D eigenvalue weighted by atomic mass is 16.5. The topological polar surface area (TPSA) is 53.5 Å². The molecule has 4 rings (SSSR count). The first kappa shape index (κ1) is 19.0. The van der Waals surface area contributed by atoms with E-state index in [1.807, 2.05) is 12.1 Å². The van der Waals surface area contributed by atoms with Crippen LogP contribution < -0.4 is 15.0 Å². The summed E-state index contributed by atoms with van der Waals surface area (Å²) < 4.78 is 5.24. The third-order valence-electron chi connectivity index (χ3n) is 5.93. The van der Waals surface area contributed by atoms with Crippen LogP contribution in [0.5, 0.6) is 5.75 Å². The first-order valence-corrected chi connectivity index (χ1v) is 10.5. The summed E-state index contributed by atoms with van der Waals surface area (Å²) in [5.74, 6) is 3.64. The number of rotatable bonds is 7. The van der Waals surface area contributed by atoms with Crippen LogP contribution >= 0.6 is 0 Å². The molecular formula is C22H31N5O. The van der Waals surface area contributed by atoms with E-state index in [2.05, 4.69) is 43.3 Å². The molecule has 1 N–H and O–H groups in total. The Balaban J connectivity index is 1.21. The zero-order chi connectivity index (χ0) is 19.2. The summed E-state index contributed by atoms with van der Waals surface area (Å²) in [7, 11) is 1.71. The van der Waals surface area contributed by atoms with Crippen molar-refractivity contribution in [3.8, 4) is 5.75 Å². The Morgan fingerprint density at radius 1 is 1.04 bits per heavy atom. The van der Waals surface area contributed by atoms with E-state index in [9.17, 15) is 0 Å². The zero-order valence-electron chi connectivity index (χ0n) is 16.8. The Morgan fingerprint density at radius 2 is 1.79 bits per heavy atom. The van der Waals surface area contributed by atoms with Crippen LogP contribution in [-0.2, 0) is 6.54 Å². The maximum absolute atomic E-state index is 5.24. The molecule has 2 saturated heterocycles. The molecule has 0 bridgehead atoms. The van der Waals surface area contributed by atoms with Crippen LogP contribution in [0.25, 0.3) is 0 Å². The van der Waals surface area contributed by atoms with Crippen molar-refractivity contribution in [3.63, 3.8) is 0 Å². The second-order valence-electron chi connectivity index (χ2n) is 7.90. The van der Waals surface area contributed by atoms with E-state index < -0.39 is 0 Å². The molecule has 2 aromatic rings. The summed E-state index contributed by atoms with van der Waals surface area (Å²) in [6.45, 7) is 6.55. The standard InChI is InChI=1S/C22H31N5O/c1-28-20-6-4-19(5-7-20)16-26-12-8-18(9-13-26)15-23-21-14-22(25-17-24-21)27-10-2-3-11-27/h4-7,14,17-18H,2-3,8-13,15-16H2,1H3,(H,23,24,25). The van der Waals surface area contributed by atoms with E-state index in [1.54, 1.807) is 13.4 Å². The number of benzene rings is 1. The Kier molecular flexibility index (Phi) is 6.27. The third kappa shape index (κ3) is 4.93. The number of nitrogens with zero attached hydrogens (tertiary/aromatic N) is 4. The van der Waals surface area contributed by atoms with E-state index in [0.29, 0.717) is 5.92 Å². The number of hydrogen-bond donors (Lipinski definition) is 1. The molecular weight excluding hydrogens is 350 g/mol. The molecule has 0 amide bonds. The zero-order valence-corrected chi connectivity index (χ0v) is 16.8. The second-order valence-corrected chi connectivity index (χ2v) is 7.90. The lowest BCUT2D eigenvalue weighted by Gasteiger charge is -2.32. The number of anilines is 2. The van der Waals surface area contributed by atoms with E-state index in [0.717, 1.165) is 56.7 Å². The fourth-order valence-electron chi connectivity index (χ4n) is 4.15. The minimum atomic E-state index is 0.706. The van der Waals surface area contributed by atoms with Gasteiger partial charge in [-0.05, 0) is 62.4 Å². The number of ether oxygens (including phenoxy) is 1. The van der Waals surface area contributed by atoms with Gasteiger partial charge in [0.1, 0.15) is 23.7 Å². The van der Waals surface area contributed by atoms with Crippen LogP contribution in [-0.4, -0.2) is 54.7 Å². The SMILES string of the molecule is COc1ccc(CN2CCC(CNc3cc(N4CCCC4)ncn3)CC2)cc1. The molecule has 150 valence electrons. The van der Waals surface area contributed by atoms with E-state index >= 15 is 0 Å². The van der Waals surface area contributed by atoms with Gasteiger partial charge >= 0.3 is 0 Å². The molecule has 2 fully saturated rings. The number of nitrogens with one attached hydrogen (secondary N) is 1. The predicted octanol–water partition coefficient (Wildman–Crippen LogP) is 3.41. The van der Waals surface area contributed by atoms with Crippen molar-refractivity contribution in [2.45, 2.75) is 32.2 Å². The molecule has 28 heavy (non-hydrogen) atoms. The Morgan fingerprint density at radius 3 is 2.50 bits per heavy atom. The highest BCUT2D eigenvalue weighted by Crippen LogP contribution is 2.22. The van der Waals surface area contributed by atoms with Crippen molar-refractivity contribution in [1.29, 1.82) is 0 Å². The molecule has 0 spiro atoms. The van der Waals surface area contributed by atoms with Crippen LogP contribution in [0.15, 0.2) is 36.7 Å². The Labute approximate surface area is 167 Å². The maximum atomic E-state index is 5.24. The number of methoxy groups -OCH3 is 1. The average Bonchev–Trinajstić information content (AvgIpc) is 3.29. The monoisotopic (exact) mass is 381 g/mol. The fraction of sp³-hybridized carbons (Fsp3) is 0.545. The summed E-state index contributed by atoms with van der Waals surface area (Å²) in [4.78, 5) is 13.7. The summed E-state index contributed by atoms with van der Waals surface area (Å²) in [5.41, 5.74) is 1.35. The minimum Gasteiger partial charge on any atom is -0.497 e. The molecule has 0 unspecified atom stereocenters. The molecule has 3 heterocycles. The van der Waals surface area contributed by atoms with Gasteiger partial charge in [0, 0.05) is 32.2 Å². The van der Waals surface area contributed by atoms with Crippen molar-refractivity contribution >= 4 is 11.6 Å². The average molecular weight is 382 g/mol. The molecule has 0 atom stereocenters. The van der Waals surface area contributed by atoms with Crippen LogP contribution in [0.4, 0.5) is 11.6 Å². The summed E-state index contributed by atoms with van der Waals surface area (Å²) >= 11 is 0. The molecule has 2 aliphatic heterocycles. The first-order chi connectivity index (χ1) is 13.8. The summed E-state index contributed by atoms with van der Waals surface area (Å²) in [6, 6.07) is 10.5. The number of likely N-dealkylation sites (tertiary alicyclic amines) is 1. The van der Waals surface area contributed by atoms with Crippen molar-refractivity contribution in [3.05, 3.63) is 42.2 Å². The van der Waals surface area contributed by atoms with Crippen molar-refractivity contribution in [1.82, 2.24) is 14.9 Å². The Bertz CT molecular complexity index is 737. The normalized spacial score (nSPS) is 18.4. The smallest absolute Gasteiger partial charge is 0.134 e. The largest absolute Gasteiger partial charge is 0.497 e. The van der Waals surface area contributed by atoms with Gasteiger partial charge in [-0.2, -0.15) is 0 Å². The molecule has 2 aliphatic rings. The van der Waals surface area contributed by atoms with Crippen molar-refractivity contribution in [2.24, 2.45) is 5.92 Å². The van der Waals surface area contributed by atoms with Crippen LogP contribution in [0.3, 0.4) is 0 Å². The number of aromatic nitrogens is 2. The van der Waals surface area contributed by atoms with Gasteiger partial charge in [-0.15, -0.1) is 0 Å². The third-order valence-corrected chi connectivity index (χ3v) is 5.93. The second kappa shape index (κ2) is 9.24. The van der Waals surface area contributed by atoms with Crippen LogP contribution in [0.1, 0.15) is 31.2 Å². The fourth-order valence-corrected chi connectivity index (χ4v) is 4.15. The summed E-state index contributed by atoms with van der Waals surface area (Å²) in [6.07, 6.45) is 6.68. The quantitative estimate of drug-likeness (QED) is 0.793. The van der Waals surface area contributed by atoms with Crippen LogP contribution in [0, 0.1) is 5.92 Å². The van der Waals surface area contributed by atoms with Gasteiger partial charge in [0.2, 0.25) is 0 Å². The highest BCUT2D eigenvalue weighted by Gasteiger charge is 2.20. The van der Waals surface area contributed by atoms with Gasteiger partial charge in [0.15, 0.2) is 0 Å².